The predicted octanol–water partition coefficient (Wildman–Crippen LogP) is 3.21. The average molecular weight is 415 g/mol. The molecule has 1 saturated heterocycles. The summed E-state index contributed by atoms with van der Waals surface area (Å²) in [5, 5.41) is 15.5. The van der Waals surface area contributed by atoms with Gasteiger partial charge in [0.1, 0.15) is 5.54 Å². The Kier molecular flexibility index (Phi) is 7.85. The van der Waals surface area contributed by atoms with Gasteiger partial charge in [-0.15, -0.1) is 0 Å². The highest BCUT2D eigenvalue weighted by Crippen LogP contribution is 2.33. The van der Waals surface area contributed by atoms with Crippen molar-refractivity contribution >= 4 is 12.0 Å². The third-order valence-electron chi connectivity index (χ3n) is 5.73. The quantitative estimate of drug-likeness (QED) is 0.714. The second kappa shape index (κ2) is 9.94. The van der Waals surface area contributed by atoms with Crippen molar-refractivity contribution in [2.24, 2.45) is 5.92 Å². The monoisotopic (exact) mass is 414 g/mol. The van der Waals surface area contributed by atoms with Crippen molar-refractivity contribution in [2.75, 3.05) is 13.6 Å². The van der Waals surface area contributed by atoms with E-state index < -0.39 is 23.6 Å². The maximum atomic E-state index is 13.0. The Morgan fingerprint density at radius 1 is 1.27 bits per heavy atom. The molecule has 1 heterocycles. The molecule has 2 N–H and O–H groups in total. The van der Waals surface area contributed by atoms with Crippen LogP contribution in [0.1, 0.15) is 52.5 Å². The van der Waals surface area contributed by atoms with E-state index in [9.17, 15) is 14.9 Å². The molecule has 1 aliphatic heterocycles. The van der Waals surface area contributed by atoms with Crippen molar-refractivity contribution in [3.8, 4) is 6.07 Å². The van der Waals surface area contributed by atoms with Gasteiger partial charge in [0, 0.05) is 25.0 Å². The number of hydrogen-bond acceptors (Lipinski definition) is 5. The van der Waals surface area contributed by atoms with E-state index in [1.165, 1.54) is 0 Å². The van der Waals surface area contributed by atoms with Crippen LogP contribution in [0.25, 0.3) is 0 Å². The Morgan fingerprint density at radius 2 is 1.93 bits per heavy atom. The first kappa shape index (κ1) is 23.7. The summed E-state index contributed by atoms with van der Waals surface area (Å²) in [5.74, 6) is -0.268. The average Bonchev–Trinajstić information content (AvgIpc) is 2.69. The fourth-order valence-corrected chi connectivity index (χ4v) is 3.75. The van der Waals surface area contributed by atoms with E-state index in [0.717, 1.165) is 5.56 Å². The van der Waals surface area contributed by atoms with Crippen molar-refractivity contribution in [1.29, 1.82) is 5.26 Å². The van der Waals surface area contributed by atoms with Crippen molar-refractivity contribution in [2.45, 2.75) is 70.7 Å². The van der Waals surface area contributed by atoms with Gasteiger partial charge >= 0.3 is 6.09 Å². The van der Waals surface area contributed by atoms with Gasteiger partial charge in [-0.3, -0.25) is 4.79 Å². The number of piperidine rings is 1. The number of carbonyl (C=O) groups excluding carboxylic acids is 2. The third kappa shape index (κ3) is 6.46. The van der Waals surface area contributed by atoms with E-state index in [2.05, 4.69) is 35.5 Å². The predicted molar refractivity (Wildman–Crippen MR) is 115 cm³/mol. The van der Waals surface area contributed by atoms with E-state index in [1.807, 2.05) is 51.2 Å². The molecule has 0 bridgehead atoms. The number of ether oxygens (including phenoxy) is 1. The molecule has 164 valence electrons. The molecule has 7 nitrogen and oxygen atoms in total. The van der Waals surface area contributed by atoms with E-state index >= 15 is 0 Å². The number of rotatable bonds is 7. The zero-order chi connectivity index (χ0) is 22.4. The second-order valence-corrected chi connectivity index (χ2v) is 9.21. The van der Waals surface area contributed by atoms with Gasteiger partial charge in [-0.05, 0) is 45.2 Å². The van der Waals surface area contributed by atoms with Crippen molar-refractivity contribution < 1.29 is 14.3 Å². The Hall–Kier alpha value is -2.59. The van der Waals surface area contributed by atoms with Gasteiger partial charge in [-0.1, -0.05) is 44.2 Å². The Morgan fingerprint density at radius 3 is 2.50 bits per heavy atom. The zero-order valence-corrected chi connectivity index (χ0v) is 18.7. The first-order valence-corrected chi connectivity index (χ1v) is 10.5. The van der Waals surface area contributed by atoms with Gasteiger partial charge in [0.25, 0.3) is 5.91 Å². The van der Waals surface area contributed by atoms with Crippen LogP contribution in [0.5, 0.6) is 0 Å². The molecule has 7 heteroatoms. The van der Waals surface area contributed by atoms with Gasteiger partial charge in [0.2, 0.25) is 0 Å². The lowest BCUT2D eigenvalue weighted by Gasteiger charge is -2.47. The number of carbonyl (C=O) groups is 2. The van der Waals surface area contributed by atoms with Gasteiger partial charge in [-0.2, -0.15) is 5.26 Å². The summed E-state index contributed by atoms with van der Waals surface area (Å²) in [7, 11) is 2.02. The van der Waals surface area contributed by atoms with E-state index in [-0.39, 0.29) is 11.5 Å². The number of nitrogens with one attached hydrogen (secondary N) is 2. The lowest BCUT2D eigenvalue weighted by atomic mass is 9.77. The molecule has 30 heavy (non-hydrogen) atoms. The normalized spacial score (nSPS) is 22.0. The van der Waals surface area contributed by atoms with E-state index in [4.69, 9.17) is 4.74 Å². The molecular formula is C23H34N4O3. The number of likely N-dealkylation sites (tertiary alicyclic amines) is 1. The molecular weight excluding hydrogens is 380 g/mol. The van der Waals surface area contributed by atoms with E-state index in [1.54, 1.807) is 0 Å². The van der Waals surface area contributed by atoms with Crippen LogP contribution in [-0.4, -0.2) is 47.7 Å². The maximum Gasteiger partial charge on any atom is 0.408 e. The topological polar surface area (TPSA) is 94.5 Å². The Bertz CT molecular complexity index is 772. The molecule has 0 spiro atoms. The summed E-state index contributed by atoms with van der Waals surface area (Å²) in [4.78, 5) is 27.5. The standard InChI is InChI=1S/C23H34N4O3/c1-17(2)13-19(30-21(29)25-14-18-9-7-6-8-10-18)20(28)26-23(16-24)11-12-27(5)22(3,4)15-23/h6-10,17,19H,11-15H2,1-5H3,(H,25,29)(H,26,28)/t19-,23?/m0/s1. The molecule has 1 aromatic carbocycles. The fraction of sp³-hybridized carbons (Fsp3) is 0.609. The van der Waals surface area contributed by atoms with Gasteiger partial charge in [-0.25, -0.2) is 4.79 Å². The number of amides is 2. The van der Waals surface area contributed by atoms with Crippen LogP contribution < -0.4 is 10.6 Å². The van der Waals surface area contributed by atoms with Crippen molar-refractivity contribution in [1.82, 2.24) is 15.5 Å². The first-order valence-electron chi connectivity index (χ1n) is 10.5. The van der Waals surface area contributed by atoms with Gasteiger partial charge in [0.05, 0.1) is 6.07 Å². The minimum Gasteiger partial charge on any atom is -0.436 e. The summed E-state index contributed by atoms with van der Waals surface area (Å²) >= 11 is 0. The molecule has 1 unspecified atom stereocenters. The van der Waals surface area contributed by atoms with Crippen LogP contribution >= 0.6 is 0 Å². The third-order valence-corrected chi connectivity index (χ3v) is 5.73. The lowest BCUT2D eigenvalue weighted by Crippen LogP contribution is -2.62. The second-order valence-electron chi connectivity index (χ2n) is 9.21. The smallest absolute Gasteiger partial charge is 0.408 e. The molecule has 1 fully saturated rings. The van der Waals surface area contributed by atoms with Gasteiger partial charge in [0.15, 0.2) is 6.10 Å². The molecule has 1 aliphatic rings. The Balaban J connectivity index is 2.03. The molecule has 2 atom stereocenters. The summed E-state index contributed by atoms with van der Waals surface area (Å²) in [6.45, 7) is 9.06. The SMILES string of the molecule is CC(C)C[C@H](OC(=O)NCc1ccccc1)C(=O)NC1(C#N)CCN(C)C(C)(C)C1. The molecule has 0 saturated carbocycles. The highest BCUT2D eigenvalue weighted by molar-refractivity contribution is 5.84. The summed E-state index contributed by atoms with van der Waals surface area (Å²) in [6, 6.07) is 11.8. The van der Waals surface area contributed by atoms with Crippen molar-refractivity contribution in [3.05, 3.63) is 35.9 Å². The van der Waals surface area contributed by atoms with Crippen LogP contribution in [0.15, 0.2) is 30.3 Å². The van der Waals surface area contributed by atoms with Crippen LogP contribution in [0.4, 0.5) is 4.79 Å². The molecule has 2 amide bonds. The first-order chi connectivity index (χ1) is 14.1. The minimum atomic E-state index is -0.966. The highest BCUT2D eigenvalue weighted by Gasteiger charge is 2.45. The van der Waals surface area contributed by atoms with Crippen LogP contribution in [0.2, 0.25) is 0 Å². The molecule has 2 rings (SSSR count). The number of nitrogens with zero attached hydrogens (tertiary/aromatic N) is 2. The molecule has 0 aliphatic carbocycles. The number of hydrogen-bond donors (Lipinski definition) is 2. The Labute approximate surface area is 179 Å². The molecule has 1 aromatic rings. The van der Waals surface area contributed by atoms with Crippen molar-refractivity contribution in [3.63, 3.8) is 0 Å². The van der Waals surface area contributed by atoms with Crippen LogP contribution in [-0.2, 0) is 16.1 Å². The summed E-state index contributed by atoms with van der Waals surface area (Å²) in [5.41, 5.74) is -0.245. The number of benzene rings is 1. The van der Waals surface area contributed by atoms with E-state index in [0.29, 0.717) is 32.4 Å². The van der Waals surface area contributed by atoms with Crippen LogP contribution in [0, 0.1) is 17.2 Å². The van der Waals surface area contributed by atoms with Crippen LogP contribution in [0.3, 0.4) is 0 Å². The number of alkyl carbamates (subject to hydrolysis) is 1. The lowest BCUT2D eigenvalue weighted by molar-refractivity contribution is -0.132. The molecule has 0 aromatic heterocycles. The summed E-state index contributed by atoms with van der Waals surface area (Å²) in [6.07, 6.45) is -0.171. The highest BCUT2D eigenvalue weighted by atomic mass is 16.6. The zero-order valence-electron chi connectivity index (χ0n) is 18.7. The van der Waals surface area contributed by atoms with Gasteiger partial charge < -0.3 is 20.3 Å². The minimum absolute atomic E-state index is 0.148. The fourth-order valence-electron chi connectivity index (χ4n) is 3.75. The molecule has 0 radical (unpaired) electrons. The maximum absolute atomic E-state index is 13.0. The number of nitriles is 1. The summed E-state index contributed by atoms with van der Waals surface area (Å²) < 4.78 is 5.47. The largest absolute Gasteiger partial charge is 0.436 e.